The van der Waals surface area contributed by atoms with Gasteiger partial charge in [0.25, 0.3) is 5.08 Å². The van der Waals surface area contributed by atoms with E-state index in [1.165, 1.54) is 6.92 Å². The topological polar surface area (TPSA) is 135 Å². The number of aliphatic hydroxyl groups is 1. The summed E-state index contributed by atoms with van der Waals surface area (Å²) in [4.78, 5) is 36.9. The molecule has 1 atom stereocenters. The molecule has 0 heterocycles. The van der Waals surface area contributed by atoms with Gasteiger partial charge in [-0.1, -0.05) is 45.4 Å². The van der Waals surface area contributed by atoms with Crippen LogP contribution in [0.1, 0.15) is 45.4 Å². The van der Waals surface area contributed by atoms with Gasteiger partial charge in [-0.2, -0.15) is 0 Å². The molecule has 0 saturated heterocycles. The minimum absolute atomic E-state index is 0.298. The zero-order valence-electron chi connectivity index (χ0n) is 10.8. The van der Waals surface area contributed by atoms with Gasteiger partial charge in [-0.3, -0.25) is 9.13 Å². The van der Waals surface area contributed by atoms with Crippen molar-refractivity contribution in [2.24, 2.45) is 11.8 Å². The van der Waals surface area contributed by atoms with Gasteiger partial charge < -0.3 is 24.7 Å². The highest BCUT2D eigenvalue weighted by Crippen LogP contribution is 2.71. The summed E-state index contributed by atoms with van der Waals surface area (Å²) >= 11 is 0. The molecule has 1 fully saturated rings. The number of hydrogen-bond acceptors (Lipinski definition) is 3. The zero-order chi connectivity index (χ0) is 14.9. The third-order valence-electron chi connectivity index (χ3n) is 4.08. The van der Waals surface area contributed by atoms with Crippen LogP contribution in [0, 0.1) is 11.8 Å². The standard InChI is InChI=1S/C10H22O7P2/c1-8(9-6-4-2-3-5-7-9)10(11,18(12,13)14)19(15,16)17/h8-9,11H,2-7H2,1H3,(H2,12,13,14)(H2,15,16,17). The lowest BCUT2D eigenvalue weighted by Gasteiger charge is -2.38. The van der Waals surface area contributed by atoms with Crippen molar-refractivity contribution in [1.29, 1.82) is 0 Å². The van der Waals surface area contributed by atoms with E-state index in [0.717, 1.165) is 25.7 Å². The first-order chi connectivity index (χ1) is 8.52. The zero-order valence-corrected chi connectivity index (χ0v) is 12.6. The molecule has 0 amide bonds. The van der Waals surface area contributed by atoms with E-state index >= 15 is 0 Å². The summed E-state index contributed by atoms with van der Waals surface area (Å²) in [6.07, 6.45) is 4.90. The van der Waals surface area contributed by atoms with Gasteiger partial charge in [0.15, 0.2) is 0 Å². The molecular weight excluding hydrogens is 294 g/mol. The molecule has 7 nitrogen and oxygen atoms in total. The van der Waals surface area contributed by atoms with Gasteiger partial charge in [0.2, 0.25) is 0 Å². The summed E-state index contributed by atoms with van der Waals surface area (Å²) in [5.74, 6) is -1.46. The Balaban J connectivity index is 3.11. The minimum Gasteiger partial charge on any atom is -0.367 e. The van der Waals surface area contributed by atoms with Gasteiger partial charge in [-0.15, -0.1) is 0 Å². The van der Waals surface area contributed by atoms with E-state index in [2.05, 4.69) is 0 Å². The third kappa shape index (κ3) is 3.48. The first kappa shape index (κ1) is 17.3. The van der Waals surface area contributed by atoms with Crippen molar-refractivity contribution in [2.45, 2.75) is 50.5 Å². The van der Waals surface area contributed by atoms with Crippen LogP contribution in [0.25, 0.3) is 0 Å². The van der Waals surface area contributed by atoms with Crippen LogP contribution in [0.2, 0.25) is 0 Å². The van der Waals surface area contributed by atoms with Crippen molar-refractivity contribution >= 4 is 15.2 Å². The minimum atomic E-state index is -5.35. The first-order valence-corrected chi connectivity index (χ1v) is 9.58. The molecule has 0 aromatic rings. The van der Waals surface area contributed by atoms with E-state index in [4.69, 9.17) is 0 Å². The maximum absolute atomic E-state index is 11.4. The lowest BCUT2D eigenvalue weighted by atomic mass is 9.87. The van der Waals surface area contributed by atoms with Crippen molar-refractivity contribution in [3.63, 3.8) is 0 Å². The summed E-state index contributed by atoms with van der Waals surface area (Å²) in [7, 11) is -10.7. The maximum atomic E-state index is 11.4. The number of hydrogen-bond donors (Lipinski definition) is 5. The quantitative estimate of drug-likeness (QED) is 0.392. The first-order valence-electron chi connectivity index (χ1n) is 6.35. The normalized spacial score (nSPS) is 22.0. The fraction of sp³-hybridized carbons (Fsp3) is 1.00. The highest BCUT2D eigenvalue weighted by atomic mass is 31.2. The molecule has 114 valence electrons. The Hall–Kier alpha value is 0.260. The lowest BCUT2D eigenvalue weighted by Crippen LogP contribution is -2.40. The van der Waals surface area contributed by atoms with Gasteiger partial charge in [0.05, 0.1) is 0 Å². The average molecular weight is 316 g/mol. The van der Waals surface area contributed by atoms with E-state index in [1.807, 2.05) is 0 Å². The van der Waals surface area contributed by atoms with Crippen LogP contribution < -0.4 is 0 Å². The highest BCUT2D eigenvalue weighted by molar-refractivity contribution is 7.72. The predicted molar refractivity (Wildman–Crippen MR) is 69.4 cm³/mol. The van der Waals surface area contributed by atoms with Gasteiger partial charge >= 0.3 is 15.2 Å². The molecule has 1 aliphatic carbocycles. The second kappa shape index (κ2) is 5.94. The average Bonchev–Trinajstić information content (AvgIpc) is 2.52. The van der Waals surface area contributed by atoms with Crippen molar-refractivity contribution in [1.82, 2.24) is 0 Å². The van der Waals surface area contributed by atoms with Gasteiger partial charge in [-0.25, -0.2) is 0 Å². The van der Waals surface area contributed by atoms with Gasteiger partial charge in [0, 0.05) is 5.92 Å². The SMILES string of the molecule is CC(C1CCCCCC1)C(O)(P(=O)(O)O)P(=O)(O)O. The summed E-state index contributed by atoms with van der Waals surface area (Å²) in [6.45, 7) is 1.31. The Morgan fingerprint density at radius 1 is 0.947 bits per heavy atom. The van der Waals surface area contributed by atoms with Crippen molar-refractivity contribution < 1.29 is 33.8 Å². The van der Waals surface area contributed by atoms with E-state index in [0.29, 0.717) is 12.8 Å². The van der Waals surface area contributed by atoms with Crippen LogP contribution in [0.5, 0.6) is 0 Å². The van der Waals surface area contributed by atoms with Crippen LogP contribution in [-0.2, 0) is 9.13 Å². The molecule has 0 aromatic heterocycles. The molecule has 1 rings (SSSR count). The third-order valence-corrected chi connectivity index (χ3v) is 8.17. The Bertz CT molecular complexity index is 369. The Morgan fingerprint density at radius 2 is 1.32 bits per heavy atom. The summed E-state index contributed by atoms with van der Waals surface area (Å²) < 4.78 is 22.8. The van der Waals surface area contributed by atoms with Gasteiger partial charge in [-0.05, 0) is 5.92 Å². The van der Waals surface area contributed by atoms with E-state index in [9.17, 15) is 33.8 Å². The molecule has 0 radical (unpaired) electrons. The van der Waals surface area contributed by atoms with Crippen LogP contribution >= 0.6 is 15.2 Å². The van der Waals surface area contributed by atoms with Crippen LogP contribution in [0.4, 0.5) is 0 Å². The molecule has 19 heavy (non-hydrogen) atoms. The maximum Gasteiger partial charge on any atom is 0.369 e. The smallest absolute Gasteiger partial charge is 0.367 e. The lowest BCUT2D eigenvalue weighted by molar-refractivity contribution is 0.0545. The Labute approximate surface area is 112 Å². The molecule has 0 aliphatic heterocycles. The molecule has 9 heteroatoms. The van der Waals surface area contributed by atoms with Crippen molar-refractivity contribution in [3.8, 4) is 0 Å². The van der Waals surface area contributed by atoms with Crippen LogP contribution in [-0.4, -0.2) is 29.8 Å². The fourth-order valence-corrected chi connectivity index (χ4v) is 5.67. The fourth-order valence-electron chi connectivity index (χ4n) is 2.83. The predicted octanol–water partition coefficient (Wildman–Crippen LogP) is 1.59. The van der Waals surface area contributed by atoms with E-state index in [-0.39, 0.29) is 5.92 Å². The molecule has 0 spiro atoms. The molecule has 1 aliphatic rings. The van der Waals surface area contributed by atoms with Crippen molar-refractivity contribution in [3.05, 3.63) is 0 Å². The monoisotopic (exact) mass is 316 g/mol. The second-order valence-electron chi connectivity index (χ2n) is 5.32. The van der Waals surface area contributed by atoms with Crippen LogP contribution in [0.3, 0.4) is 0 Å². The molecule has 0 aromatic carbocycles. The molecule has 1 unspecified atom stereocenters. The van der Waals surface area contributed by atoms with Gasteiger partial charge in [0.1, 0.15) is 0 Å². The summed E-state index contributed by atoms with van der Waals surface area (Å²) in [5, 5.41) is 6.79. The highest BCUT2D eigenvalue weighted by Gasteiger charge is 2.63. The van der Waals surface area contributed by atoms with Crippen LogP contribution in [0.15, 0.2) is 0 Å². The Kier molecular flexibility index (Phi) is 5.41. The largest absolute Gasteiger partial charge is 0.369 e. The van der Waals surface area contributed by atoms with E-state index < -0.39 is 26.2 Å². The van der Waals surface area contributed by atoms with Crippen molar-refractivity contribution in [2.75, 3.05) is 0 Å². The summed E-state index contributed by atoms with van der Waals surface area (Å²) in [5.41, 5.74) is 0. The molecular formula is C10H22O7P2. The Morgan fingerprint density at radius 3 is 1.63 bits per heavy atom. The molecule has 5 N–H and O–H groups in total. The van der Waals surface area contributed by atoms with E-state index in [1.54, 1.807) is 0 Å². The second-order valence-corrected chi connectivity index (χ2v) is 9.21. The summed E-state index contributed by atoms with van der Waals surface area (Å²) in [6, 6.07) is 0. The number of rotatable bonds is 4. The molecule has 1 saturated carbocycles. The molecule has 0 bridgehead atoms.